The first-order valence-electron chi connectivity index (χ1n) is 7.06. The van der Waals surface area contributed by atoms with E-state index in [-0.39, 0.29) is 0 Å². The third kappa shape index (κ3) is 2.11. The van der Waals surface area contributed by atoms with Crippen LogP contribution in [0.4, 0.5) is 0 Å². The second-order valence-electron chi connectivity index (χ2n) is 5.55. The number of aliphatic hydroxyl groups is 1. The Kier molecular flexibility index (Phi) is 3.46. The number of aromatic nitrogens is 2. The zero-order chi connectivity index (χ0) is 14.3. The standard InChI is InChI=1S/C16H19BrN2O/c1-3-13-15(17)14(19(2)18-13)10-16(20)9-8-11-6-4-5-7-12(11)16/h4-7,20H,3,8-10H2,1-2H3. The van der Waals surface area contributed by atoms with Crippen LogP contribution in [0.25, 0.3) is 0 Å². The van der Waals surface area contributed by atoms with E-state index < -0.39 is 5.60 Å². The van der Waals surface area contributed by atoms with Crippen LogP contribution in [0.5, 0.6) is 0 Å². The minimum absolute atomic E-state index is 0.605. The van der Waals surface area contributed by atoms with Crippen molar-refractivity contribution in [2.24, 2.45) is 7.05 Å². The molecule has 2 aromatic rings. The lowest BCUT2D eigenvalue weighted by Gasteiger charge is -2.24. The second-order valence-corrected chi connectivity index (χ2v) is 6.34. The van der Waals surface area contributed by atoms with E-state index >= 15 is 0 Å². The SMILES string of the molecule is CCc1nn(C)c(CC2(O)CCc3ccccc32)c1Br. The van der Waals surface area contributed by atoms with Gasteiger partial charge in [0.2, 0.25) is 0 Å². The zero-order valence-corrected chi connectivity index (χ0v) is 13.4. The molecule has 3 rings (SSSR count). The van der Waals surface area contributed by atoms with Crippen molar-refractivity contribution < 1.29 is 5.11 Å². The number of rotatable bonds is 3. The summed E-state index contributed by atoms with van der Waals surface area (Å²) in [6.07, 6.45) is 3.23. The molecule has 0 spiro atoms. The predicted molar refractivity (Wildman–Crippen MR) is 82.6 cm³/mol. The Morgan fingerprint density at radius 2 is 2.15 bits per heavy atom. The number of hydrogen-bond acceptors (Lipinski definition) is 2. The summed E-state index contributed by atoms with van der Waals surface area (Å²) in [5.41, 5.74) is 3.70. The number of nitrogens with zero attached hydrogens (tertiary/aromatic N) is 2. The van der Waals surface area contributed by atoms with Crippen LogP contribution in [0.1, 0.15) is 35.9 Å². The molecule has 1 aliphatic carbocycles. The van der Waals surface area contributed by atoms with E-state index in [9.17, 15) is 5.11 Å². The Morgan fingerprint density at radius 1 is 1.40 bits per heavy atom. The van der Waals surface area contributed by atoms with Gasteiger partial charge in [0.1, 0.15) is 0 Å². The first-order valence-corrected chi connectivity index (χ1v) is 7.85. The van der Waals surface area contributed by atoms with Crippen molar-refractivity contribution >= 4 is 15.9 Å². The van der Waals surface area contributed by atoms with Gasteiger partial charge < -0.3 is 5.11 Å². The van der Waals surface area contributed by atoms with Gasteiger partial charge in [0.05, 0.1) is 21.5 Å². The molecule has 0 fully saturated rings. The molecule has 1 atom stereocenters. The number of fused-ring (bicyclic) bond motifs is 1. The highest BCUT2D eigenvalue weighted by atomic mass is 79.9. The minimum Gasteiger partial charge on any atom is -0.385 e. The molecule has 1 aromatic heterocycles. The Labute approximate surface area is 127 Å². The third-order valence-electron chi connectivity index (χ3n) is 4.29. The lowest BCUT2D eigenvalue weighted by atomic mass is 9.90. The number of halogens is 1. The van der Waals surface area contributed by atoms with Gasteiger partial charge in [0, 0.05) is 13.5 Å². The summed E-state index contributed by atoms with van der Waals surface area (Å²) in [6, 6.07) is 8.21. The molecule has 0 saturated carbocycles. The normalized spacial score (nSPS) is 21.2. The van der Waals surface area contributed by atoms with Crippen LogP contribution in [0.2, 0.25) is 0 Å². The summed E-state index contributed by atoms with van der Waals surface area (Å²) in [4.78, 5) is 0. The van der Waals surface area contributed by atoms with Crippen molar-refractivity contribution in [3.63, 3.8) is 0 Å². The minimum atomic E-state index is -0.766. The molecule has 106 valence electrons. The van der Waals surface area contributed by atoms with Crippen LogP contribution in [0.15, 0.2) is 28.7 Å². The molecule has 1 unspecified atom stereocenters. The molecule has 0 aliphatic heterocycles. The highest BCUT2D eigenvalue weighted by Gasteiger charge is 2.38. The van der Waals surface area contributed by atoms with E-state index in [1.54, 1.807) is 0 Å². The van der Waals surface area contributed by atoms with Gasteiger partial charge >= 0.3 is 0 Å². The van der Waals surface area contributed by atoms with Crippen LogP contribution in [0, 0.1) is 0 Å². The van der Waals surface area contributed by atoms with Gasteiger partial charge in [0.15, 0.2) is 0 Å². The molecule has 1 N–H and O–H groups in total. The summed E-state index contributed by atoms with van der Waals surface area (Å²) in [5.74, 6) is 0. The van der Waals surface area contributed by atoms with Gasteiger partial charge in [0.25, 0.3) is 0 Å². The summed E-state index contributed by atoms with van der Waals surface area (Å²) in [6.45, 7) is 2.09. The van der Waals surface area contributed by atoms with Crippen LogP contribution in [-0.2, 0) is 31.9 Å². The van der Waals surface area contributed by atoms with Crippen molar-refractivity contribution in [2.75, 3.05) is 0 Å². The summed E-state index contributed by atoms with van der Waals surface area (Å²) in [5, 5.41) is 15.6. The van der Waals surface area contributed by atoms with E-state index in [4.69, 9.17) is 0 Å². The Morgan fingerprint density at radius 3 is 2.85 bits per heavy atom. The van der Waals surface area contributed by atoms with Crippen molar-refractivity contribution in [1.82, 2.24) is 9.78 Å². The molecule has 0 amide bonds. The highest BCUT2D eigenvalue weighted by Crippen LogP contribution is 2.40. The molecule has 4 heteroatoms. The van der Waals surface area contributed by atoms with Crippen molar-refractivity contribution in [3.05, 3.63) is 51.3 Å². The summed E-state index contributed by atoms with van der Waals surface area (Å²) >= 11 is 3.64. The molecule has 20 heavy (non-hydrogen) atoms. The monoisotopic (exact) mass is 334 g/mol. The van der Waals surface area contributed by atoms with E-state index in [0.29, 0.717) is 6.42 Å². The molecule has 1 aromatic carbocycles. The van der Waals surface area contributed by atoms with Gasteiger partial charge in [-0.25, -0.2) is 0 Å². The zero-order valence-electron chi connectivity index (χ0n) is 11.9. The Balaban J connectivity index is 1.98. The van der Waals surface area contributed by atoms with Crippen LogP contribution < -0.4 is 0 Å². The smallest absolute Gasteiger partial charge is 0.0957 e. The average molecular weight is 335 g/mol. The predicted octanol–water partition coefficient (Wildman–Crippen LogP) is 3.12. The maximum atomic E-state index is 11.1. The maximum absolute atomic E-state index is 11.1. The van der Waals surface area contributed by atoms with Crippen molar-refractivity contribution in [3.8, 4) is 0 Å². The van der Waals surface area contributed by atoms with Crippen molar-refractivity contribution in [2.45, 2.75) is 38.2 Å². The van der Waals surface area contributed by atoms with E-state index in [2.05, 4.69) is 34.0 Å². The second kappa shape index (κ2) is 5.01. The maximum Gasteiger partial charge on any atom is 0.0957 e. The number of benzene rings is 1. The van der Waals surface area contributed by atoms with Crippen LogP contribution in [-0.4, -0.2) is 14.9 Å². The molecule has 1 aliphatic rings. The Hall–Kier alpha value is -1.13. The largest absolute Gasteiger partial charge is 0.385 e. The van der Waals surface area contributed by atoms with E-state index in [1.165, 1.54) is 5.56 Å². The molecule has 0 radical (unpaired) electrons. The van der Waals surface area contributed by atoms with Gasteiger partial charge in [-0.1, -0.05) is 31.2 Å². The number of hydrogen-bond donors (Lipinski definition) is 1. The summed E-state index contributed by atoms with van der Waals surface area (Å²) in [7, 11) is 1.95. The highest BCUT2D eigenvalue weighted by molar-refractivity contribution is 9.10. The van der Waals surface area contributed by atoms with Crippen LogP contribution >= 0.6 is 15.9 Å². The lowest BCUT2D eigenvalue weighted by Crippen LogP contribution is -2.26. The number of aryl methyl sites for hydroxylation is 3. The lowest BCUT2D eigenvalue weighted by molar-refractivity contribution is 0.0369. The Bertz CT molecular complexity index is 650. The summed E-state index contributed by atoms with van der Waals surface area (Å²) < 4.78 is 2.93. The van der Waals surface area contributed by atoms with Gasteiger partial charge in [-0.2, -0.15) is 5.10 Å². The topological polar surface area (TPSA) is 38.0 Å². The fraction of sp³-hybridized carbons (Fsp3) is 0.438. The molecule has 0 bridgehead atoms. The average Bonchev–Trinajstić information content (AvgIpc) is 2.92. The van der Waals surface area contributed by atoms with Gasteiger partial charge in [-0.3, -0.25) is 4.68 Å². The van der Waals surface area contributed by atoms with E-state index in [1.807, 2.05) is 29.9 Å². The third-order valence-corrected chi connectivity index (χ3v) is 5.20. The fourth-order valence-corrected chi connectivity index (χ4v) is 3.90. The quantitative estimate of drug-likeness (QED) is 0.936. The fourth-order valence-electron chi connectivity index (χ4n) is 3.14. The van der Waals surface area contributed by atoms with E-state index in [0.717, 1.165) is 40.7 Å². The van der Waals surface area contributed by atoms with Crippen molar-refractivity contribution in [1.29, 1.82) is 0 Å². The molecular weight excluding hydrogens is 316 g/mol. The van der Waals surface area contributed by atoms with Gasteiger partial charge in [-0.05, 0) is 46.3 Å². The molecule has 1 heterocycles. The first-order chi connectivity index (χ1) is 9.55. The molecule has 3 nitrogen and oxygen atoms in total. The molecule has 0 saturated heterocycles. The first kappa shape index (κ1) is 13.8. The molecular formula is C16H19BrN2O. The van der Waals surface area contributed by atoms with Crippen LogP contribution in [0.3, 0.4) is 0 Å². The van der Waals surface area contributed by atoms with Gasteiger partial charge in [-0.15, -0.1) is 0 Å².